The Bertz CT molecular complexity index is 138. The summed E-state index contributed by atoms with van der Waals surface area (Å²) in [4.78, 5) is 4.15. The van der Waals surface area contributed by atoms with Crippen molar-refractivity contribution in [3.05, 3.63) is 23.9 Å². The molecule has 0 aromatic rings. The number of hydrogen-bond acceptors (Lipinski definition) is 1. The third-order valence-corrected chi connectivity index (χ3v) is 1.03. The lowest BCUT2D eigenvalue weighted by molar-refractivity contribution is 1.18. The van der Waals surface area contributed by atoms with Gasteiger partial charge in [0.25, 0.3) is 0 Å². The molecular formula is C9H15N. The van der Waals surface area contributed by atoms with Gasteiger partial charge in [0, 0.05) is 6.21 Å². The van der Waals surface area contributed by atoms with Gasteiger partial charge in [0.05, 0.1) is 5.70 Å². The van der Waals surface area contributed by atoms with Crippen LogP contribution in [0.25, 0.3) is 0 Å². The van der Waals surface area contributed by atoms with Gasteiger partial charge in [0.15, 0.2) is 0 Å². The molecule has 0 spiro atoms. The molecular weight excluding hydrogens is 122 g/mol. The highest BCUT2D eigenvalue weighted by molar-refractivity contribution is 5.56. The second-order valence-electron chi connectivity index (χ2n) is 1.92. The highest BCUT2D eigenvalue weighted by Crippen LogP contribution is 1.99. The molecule has 0 bridgehead atoms. The highest BCUT2D eigenvalue weighted by Gasteiger charge is 1.80. The van der Waals surface area contributed by atoms with Gasteiger partial charge in [-0.05, 0) is 26.3 Å². The van der Waals surface area contributed by atoms with Crippen molar-refractivity contribution in [2.75, 3.05) is 0 Å². The van der Waals surface area contributed by atoms with Gasteiger partial charge < -0.3 is 0 Å². The zero-order valence-corrected chi connectivity index (χ0v) is 6.96. The van der Waals surface area contributed by atoms with Gasteiger partial charge in [0.1, 0.15) is 0 Å². The van der Waals surface area contributed by atoms with Crippen LogP contribution in [0.2, 0.25) is 0 Å². The molecule has 10 heavy (non-hydrogen) atoms. The van der Waals surface area contributed by atoms with Crippen molar-refractivity contribution in [1.29, 1.82) is 0 Å². The Hall–Kier alpha value is -0.850. The zero-order valence-electron chi connectivity index (χ0n) is 6.96. The van der Waals surface area contributed by atoms with Crippen LogP contribution in [-0.2, 0) is 0 Å². The first-order valence-corrected chi connectivity index (χ1v) is 3.66. The van der Waals surface area contributed by atoms with Crippen LogP contribution in [0.15, 0.2) is 28.9 Å². The highest BCUT2D eigenvalue weighted by atomic mass is 14.7. The summed E-state index contributed by atoms with van der Waals surface area (Å²) < 4.78 is 0. The second kappa shape index (κ2) is 6.27. The fourth-order valence-electron chi connectivity index (χ4n) is 0.693. The van der Waals surface area contributed by atoms with E-state index < -0.39 is 0 Å². The van der Waals surface area contributed by atoms with Gasteiger partial charge in [0.2, 0.25) is 0 Å². The SMILES string of the molecule is CC=NC(/C=C\C)=C/CC. The molecule has 0 saturated heterocycles. The Balaban J connectivity index is 4.11. The third-order valence-electron chi connectivity index (χ3n) is 1.03. The van der Waals surface area contributed by atoms with Crippen LogP contribution in [0.3, 0.4) is 0 Å². The van der Waals surface area contributed by atoms with Crippen LogP contribution in [0.5, 0.6) is 0 Å². The molecule has 0 unspecified atom stereocenters. The van der Waals surface area contributed by atoms with Gasteiger partial charge in [-0.2, -0.15) is 0 Å². The maximum atomic E-state index is 4.15. The van der Waals surface area contributed by atoms with Gasteiger partial charge >= 0.3 is 0 Å². The van der Waals surface area contributed by atoms with Gasteiger partial charge in [-0.25, -0.2) is 0 Å². The molecule has 56 valence electrons. The normalized spacial score (nSPS) is 13.7. The summed E-state index contributed by atoms with van der Waals surface area (Å²) in [5, 5.41) is 0. The quantitative estimate of drug-likeness (QED) is 0.419. The molecule has 0 aliphatic rings. The minimum atomic E-state index is 1.04. The summed E-state index contributed by atoms with van der Waals surface area (Å²) in [6, 6.07) is 0. The molecule has 0 atom stereocenters. The van der Waals surface area contributed by atoms with E-state index in [-0.39, 0.29) is 0 Å². The Morgan fingerprint density at radius 1 is 1.40 bits per heavy atom. The minimum absolute atomic E-state index is 1.04. The van der Waals surface area contributed by atoms with Crippen molar-refractivity contribution in [2.24, 2.45) is 4.99 Å². The maximum Gasteiger partial charge on any atom is 0.0582 e. The first-order valence-electron chi connectivity index (χ1n) is 3.66. The van der Waals surface area contributed by atoms with Crippen molar-refractivity contribution in [1.82, 2.24) is 0 Å². The monoisotopic (exact) mass is 137 g/mol. The molecule has 0 aromatic heterocycles. The van der Waals surface area contributed by atoms with E-state index in [0.717, 1.165) is 12.1 Å². The number of aliphatic imine (C=N–C) groups is 1. The van der Waals surface area contributed by atoms with Crippen LogP contribution < -0.4 is 0 Å². The van der Waals surface area contributed by atoms with E-state index in [4.69, 9.17) is 0 Å². The number of allylic oxidation sites excluding steroid dienone is 3. The molecule has 0 fully saturated rings. The summed E-state index contributed by atoms with van der Waals surface area (Å²) in [5.74, 6) is 0. The fourth-order valence-corrected chi connectivity index (χ4v) is 0.693. The van der Waals surface area contributed by atoms with Crippen LogP contribution in [0, 0.1) is 0 Å². The van der Waals surface area contributed by atoms with E-state index in [1.165, 1.54) is 0 Å². The molecule has 0 aromatic carbocycles. The molecule has 0 amide bonds. The molecule has 0 N–H and O–H groups in total. The average molecular weight is 137 g/mol. The molecule has 1 nitrogen and oxygen atoms in total. The lowest BCUT2D eigenvalue weighted by atomic mass is 10.3. The minimum Gasteiger partial charge on any atom is -0.262 e. The Kier molecular flexibility index (Phi) is 5.74. The van der Waals surface area contributed by atoms with Crippen molar-refractivity contribution in [3.8, 4) is 0 Å². The van der Waals surface area contributed by atoms with Crippen LogP contribution in [-0.4, -0.2) is 6.21 Å². The summed E-state index contributed by atoms with van der Waals surface area (Å²) >= 11 is 0. The molecule has 0 aliphatic heterocycles. The molecule has 0 aliphatic carbocycles. The van der Waals surface area contributed by atoms with E-state index in [1.54, 1.807) is 0 Å². The van der Waals surface area contributed by atoms with Crippen LogP contribution in [0.4, 0.5) is 0 Å². The standard InChI is InChI=1S/C9H15N/c1-4-7-9(8-5-2)10-6-3/h4,6-8H,5H2,1-3H3/b7-4-,9-8+,10-6?. The average Bonchev–Trinajstić information content (AvgIpc) is 1.90. The summed E-state index contributed by atoms with van der Waals surface area (Å²) in [5.41, 5.74) is 1.05. The van der Waals surface area contributed by atoms with Crippen molar-refractivity contribution < 1.29 is 0 Å². The molecule has 1 heteroatoms. The van der Waals surface area contributed by atoms with E-state index in [0.29, 0.717) is 0 Å². The van der Waals surface area contributed by atoms with Gasteiger partial charge in [-0.15, -0.1) is 0 Å². The third kappa shape index (κ3) is 4.07. The topological polar surface area (TPSA) is 12.4 Å². The van der Waals surface area contributed by atoms with Gasteiger partial charge in [-0.1, -0.05) is 19.1 Å². The lowest BCUT2D eigenvalue weighted by Crippen LogP contribution is -1.71. The van der Waals surface area contributed by atoms with E-state index >= 15 is 0 Å². The maximum absolute atomic E-state index is 4.15. The first-order chi connectivity index (χ1) is 4.85. The summed E-state index contributed by atoms with van der Waals surface area (Å²) in [6.45, 7) is 6.02. The molecule has 0 saturated carbocycles. The largest absolute Gasteiger partial charge is 0.262 e. The zero-order chi connectivity index (χ0) is 7.82. The van der Waals surface area contributed by atoms with Crippen molar-refractivity contribution in [3.63, 3.8) is 0 Å². The Labute approximate surface area is 63.2 Å². The second-order valence-corrected chi connectivity index (χ2v) is 1.92. The number of hydrogen-bond donors (Lipinski definition) is 0. The summed E-state index contributed by atoms with van der Waals surface area (Å²) in [7, 11) is 0. The summed E-state index contributed by atoms with van der Waals surface area (Å²) in [6.07, 6.45) is 8.94. The predicted octanol–water partition coefficient (Wildman–Crippen LogP) is 2.95. The first kappa shape index (κ1) is 9.15. The van der Waals surface area contributed by atoms with Crippen molar-refractivity contribution >= 4 is 6.21 Å². The molecule has 0 rings (SSSR count). The lowest BCUT2D eigenvalue weighted by Gasteiger charge is -1.89. The smallest absolute Gasteiger partial charge is 0.0582 e. The molecule has 0 radical (unpaired) electrons. The van der Waals surface area contributed by atoms with E-state index in [1.807, 2.05) is 32.2 Å². The fraction of sp³-hybridized carbons (Fsp3) is 0.444. The van der Waals surface area contributed by atoms with Crippen LogP contribution in [0.1, 0.15) is 27.2 Å². The number of nitrogens with zero attached hydrogens (tertiary/aromatic N) is 1. The molecule has 0 heterocycles. The van der Waals surface area contributed by atoms with Crippen molar-refractivity contribution in [2.45, 2.75) is 27.2 Å². The van der Waals surface area contributed by atoms with Crippen LogP contribution >= 0.6 is 0 Å². The van der Waals surface area contributed by atoms with Gasteiger partial charge in [-0.3, -0.25) is 4.99 Å². The van der Waals surface area contributed by atoms with E-state index in [9.17, 15) is 0 Å². The Morgan fingerprint density at radius 2 is 2.10 bits per heavy atom. The predicted molar refractivity (Wildman–Crippen MR) is 47.4 cm³/mol. The number of rotatable bonds is 3. The Morgan fingerprint density at radius 3 is 2.50 bits per heavy atom. The van der Waals surface area contributed by atoms with E-state index in [2.05, 4.69) is 18.0 Å².